The second kappa shape index (κ2) is 4.42. The van der Waals surface area contributed by atoms with Crippen LogP contribution in [0.4, 0.5) is 5.82 Å². The minimum absolute atomic E-state index is 0.673. The van der Waals surface area contributed by atoms with E-state index < -0.39 is 0 Å². The summed E-state index contributed by atoms with van der Waals surface area (Å²) in [5.41, 5.74) is 6.93. The zero-order chi connectivity index (χ0) is 9.80. The Bertz CT molecular complexity index is 295. The molecule has 2 rings (SSSR count). The Kier molecular flexibility index (Phi) is 2.99. The highest BCUT2D eigenvalue weighted by molar-refractivity contribution is 5.38. The Labute approximate surface area is 84.3 Å². The van der Waals surface area contributed by atoms with Crippen LogP contribution in [0.2, 0.25) is 0 Å². The minimum Gasteiger partial charge on any atom is -0.383 e. The van der Waals surface area contributed by atoms with Gasteiger partial charge in [0.05, 0.1) is 0 Å². The van der Waals surface area contributed by atoms with Crippen molar-refractivity contribution in [1.82, 2.24) is 4.98 Å². The first-order chi connectivity index (χ1) is 6.86. The third-order valence-corrected chi connectivity index (χ3v) is 2.77. The molecule has 0 radical (unpaired) electrons. The van der Waals surface area contributed by atoms with Gasteiger partial charge in [0, 0.05) is 19.4 Å². The highest BCUT2D eigenvalue weighted by Gasteiger charge is 2.15. The molecular formula is C11H16N2O. The molecule has 0 saturated carbocycles. The molecule has 1 aromatic rings. The minimum atomic E-state index is 0.673. The highest BCUT2D eigenvalue weighted by Crippen LogP contribution is 2.20. The van der Waals surface area contributed by atoms with Gasteiger partial charge in [-0.1, -0.05) is 6.07 Å². The summed E-state index contributed by atoms with van der Waals surface area (Å²) in [5, 5.41) is 0. The molecule has 1 aliphatic rings. The first-order valence-electron chi connectivity index (χ1n) is 5.13. The van der Waals surface area contributed by atoms with Crippen molar-refractivity contribution in [3.8, 4) is 0 Å². The number of hydrogen-bond acceptors (Lipinski definition) is 3. The molecule has 0 aromatic carbocycles. The average Bonchev–Trinajstić information content (AvgIpc) is 2.69. The van der Waals surface area contributed by atoms with Gasteiger partial charge in [0.25, 0.3) is 0 Å². The van der Waals surface area contributed by atoms with E-state index >= 15 is 0 Å². The van der Waals surface area contributed by atoms with Crippen molar-refractivity contribution >= 4 is 5.82 Å². The Morgan fingerprint density at radius 1 is 1.57 bits per heavy atom. The summed E-state index contributed by atoms with van der Waals surface area (Å²) >= 11 is 0. The Hall–Kier alpha value is -1.09. The van der Waals surface area contributed by atoms with E-state index in [2.05, 4.69) is 11.1 Å². The van der Waals surface area contributed by atoms with E-state index in [-0.39, 0.29) is 0 Å². The van der Waals surface area contributed by atoms with Crippen LogP contribution in [-0.2, 0) is 11.2 Å². The predicted octanol–water partition coefficient (Wildman–Crippen LogP) is 1.63. The maximum absolute atomic E-state index is 5.76. The second-order valence-electron chi connectivity index (χ2n) is 3.82. The van der Waals surface area contributed by atoms with Crippen molar-refractivity contribution in [3.63, 3.8) is 0 Å². The zero-order valence-corrected chi connectivity index (χ0v) is 8.28. The lowest BCUT2D eigenvalue weighted by Gasteiger charge is -2.08. The first-order valence-corrected chi connectivity index (χ1v) is 5.13. The van der Waals surface area contributed by atoms with Gasteiger partial charge in [-0.2, -0.15) is 0 Å². The number of nitrogen functional groups attached to an aromatic ring is 1. The molecule has 2 heterocycles. The summed E-state index contributed by atoms with van der Waals surface area (Å²) in [7, 11) is 0. The maximum Gasteiger partial charge on any atom is 0.126 e. The zero-order valence-electron chi connectivity index (χ0n) is 8.28. The fraction of sp³-hybridized carbons (Fsp3) is 0.545. The van der Waals surface area contributed by atoms with Gasteiger partial charge >= 0.3 is 0 Å². The topological polar surface area (TPSA) is 48.1 Å². The van der Waals surface area contributed by atoms with Gasteiger partial charge in [-0.3, -0.25) is 0 Å². The lowest BCUT2D eigenvalue weighted by atomic mass is 9.99. The number of ether oxygens (including phenoxy) is 1. The van der Waals surface area contributed by atoms with Crippen LogP contribution in [0, 0.1) is 5.92 Å². The lowest BCUT2D eigenvalue weighted by molar-refractivity contribution is 0.184. The molecule has 1 fully saturated rings. The number of nitrogens with zero attached hydrogens (tertiary/aromatic N) is 1. The monoisotopic (exact) mass is 192 g/mol. The number of aryl methyl sites for hydroxylation is 1. The van der Waals surface area contributed by atoms with Gasteiger partial charge in [-0.15, -0.1) is 0 Å². The van der Waals surface area contributed by atoms with E-state index in [1.807, 2.05) is 6.07 Å². The van der Waals surface area contributed by atoms with Crippen LogP contribution in [0.25, 0.3) is 0 Å². The summed E-state index contributed by atoms with van der Waals surface area (Å²) in [6, 6.07) is 4.00. The van der Waals surface area contributed by atoms with Crippen molar-refractivity contribution in [2.45, 2.75) is 19.3 Å². The molecular weight excluding hydrogens is 176 g/mol. The maximum atomic E-state index is 5.76. The molecule has 0 spiro atoms. The molecule has 2 N–H and O–H groups in total. The van der Waals surface area contributed by atoms with E-state index in [4.69, 9.17) is 10.5 Å². The molecule has 1 saturated heterocycles. The normalized spacial score (nSPS) is 21.3. The third-order valence-electron chi connectivity index (χ3n) is 2.77. The SMILES string of the molecule is Nc1ncccc1CCC1CCOC1. The van der Waals surface area contributed by atoms with Crippen LogP contribution in [-0.4, -0.2) is 18.2 Å². The molecule has 76 valence electrons. The van der Waals surface area contributed by atoms with Gasteiger partial charge in [-0.25, -0.2) is 4.98 Å². The van der Waals surface area contributed by atoms with E-state index in [1.54, 1.807) is 6.20 Å². The molecule has 1 unspecified atom stereocenters. The van der Waals surface area contributed by atoms with E-state index in [0.717, 1.165) is 32.0 Å². The summed E-state index contributed by atoms with van der Waals surface area (Å²) in [6.45, 7) is 1.84. The van der Waals surface area contributed by atoms with Gasteiger partial charge < -0.3 is 10.5 Å². The van der Waals surface area contributed by atoms with Crippen molar-refractivity contribution in [2.24, 2.45) is 5.92 Å². The molecule has 1 aliphatic heterocycles. The predicted molar refractivity (Wildman–Crippen MR) is 55.9 cm³/mol. The Morgan fingerprint density at radius 2 is 2.50 bits per heavy atom. The lowest BCUT2D eigenvalue weighted by Crippen LogP contribution is -2.03. The molecule has 3 nitrogen and oxygen atoms in total. The first kappa shape index (κ1) is 9.46. The van der Waals surface area contributed by atoms with Crippen LogP contribution < -0.4 is 5.73 Å². The molecule has 0 aliphatic carbocycles. The molecule has 1 atom stereocenters. The van der Waals surface area contributed by atoms with Gasteiger partial charge in [0.1, 0.15) is 5.82 Å². The highest BCUT2D eigenvalue weighted by atomic mass is 16.5. The van der Waals surface area contributed by atoms with Crippen LogP contribution in [0.1, 0.15) is 18.4 Å². The van der Waals surface area contributed by atoms with Gasteiger partial charge in [0.2, 0.25) is 0 Å². The second-order valence-corrected chi connectivity index (χ2v) is 3.82. The largest absolute Gasteiger partial charge is 0.383 e. The van der Waals surface area contributed by atoms with Crippen molar-refractivity contribution in [2.75, 3.05) is 18.9 Å². The van der Waals surface area contributed by atoms with Gasteiger partial charge in [0.15, 0.2) is 0 Å². The number of nitrogens with two attached hydrogens (primary N) is 1. The third kappa shape index (κ3) is 2.23. The quantitative estimate of drug-likeness (QED) is 0.791. The van der Waals surface area contributed by atoms with Crippen LogP contribution in [0.15, 0.2) is 18.3 Å². The molecule has 3 heteroatoms. The summed E-state index contributed by atoms with van der Waals surface area (Å²) in [5.74, 6) is 1.39. The fourth-order valence-electron chi connectivity index (χ4n) is 1.83. The summed E-state index contributed by atoms with van der Waals surface area (Å²) in [4.78, 5) is 4.07. The summed E-state index contributed by atoms with van der Waals surface area (Å²) in [6.07, 6.45) is 5.11. The standard InChI is InChI=1S/C11H16N2O/c12-11-10(2-1-6-13-11)4-3-9-5-7-14-8-9/h1-2,6,9H,3-5,7-8H2,(H2,12,13). The van der Waals surface area contributed by atoms with Crippen molar-refractivity contribution in [3.05, 3.63) is 23.9 Å². The van der Waals surface area contributed by atoms with E-state index in [1.165, 1.54) is 12.0 Å². The number of rotatable bonds is 3. The molecule has 14 heavy (non-hydrogen) atoms. The number of anilines is 1. The van der Waals surface area contributed by atoms with E-state index in [9.17, 15) is 0 Å². The smallest absolute Gasteiger partial charge is 0.126 e. The fourth-order valence-corrected chi connectivity index (χ4v) is 1.83. The van der Waals surface area contributed by atoms with Crippen molar-refractivity contribution in [1.29, 1.82) is 0 Å². The van der Waals surface area contributed by atoms with Crippen LogP contribution in [0.5, 0.6) is 0 Å². The average molecular weight is 192 g/mol. The molecule has 0 bridgehead atoms. The molecule has 0 amide bonds. The Balaban J connectivity index is 1.88. The van der Waals surface area contributed by atoms with E-state index in [0.29, 0.717) is 5.82 Å². The Morgan fingerprint density at radius 3 is 3.21 bits per heavy atom. The number of hydrogen-bond donors (Lipinski definition) is 1. The van der Waals surface area contributed by atoms with Crippen LogP contribution >= 0.6 is 0 Å². The van der Waals surface area contributed by atoms with Gasteiger partial charge in [-0.05, 0) is 36.8 Å². The summed E-state index contributed by atoms with van der Waals surface area (Å²) < 4.78 is 5.33. The van der Waals surface area contributed by atoms with Crippen LogP contribution in [0.3, 0.4) is 0 Å². The molecule has 1 aromatic heterocycles. The number of pyridine rings is 1. The van der Waals surface area contributed by atoms with Crippen molar-refractivity contribution < 1.29 is 4.74 Å². The number of aromatic nitrogens is 1.